The van der Waals surface area contributed by atoms with Gasteiger partial charge >= 0.3 is 0 Å². The van der Waals surface area contributed by atoms with E-state index in [9.17, 15) is 5.11 Å². The molecule has 152 valence electrons. The second-order valence-electron chi connectivity index (χ2n) is 7.80. The SMILES string of the molecule is C=C(C)C1Cc2c(ccc3c2OC2COc4cc(OC)c(OC)cc4C2C3O)O1. The molecule has 5 rings (SSSR count). The van der Waals surface area contributed by atoms with E-state index >= 15 is 0 Å². The van der Waals surface area contributed by atoms with E-state index in [1.807, 2.05) is 25.1 Å². The molecule has 0 bridgehead atoms. The van der Waals surface area contributed by atoms with Crippen molar-refractivity contribution < 1.29 is 28.8 Å². The second kappa shape index (κ2) is 6.59. The number of fused-ring (bicyclic) bond motifs is 6. The van der Waals surface area contributed by atoms with Crippen LogP contribution >= 0.6 is 0 Å². The third-order valence-corrected chi connectivity index (χ3v) is 6.06. The lowest BCUT2D eigenvalue weighted by Gasteiger charge is -2.41. The van der Waals surface area contributed by atoms with Gasteiger partial charge in [0.2, 0.25) is 0 Å². The molecule has 3 heterocycles. The van der Waals surface area contributed by atoms with E-state index in [4.69, 9.17) is 23.7 Å². The van der Waals surface area contributed by atoms with Crippen molar-refractivity contribution in [3.8, 4) is 28.7 Å². The number of aliphatic hydroxyl groups excluding tert-OH is 1. The van der Waals surface area contributed by atoms with Crippen LogP contribution in [0.5, 0.6) is 28.7 Å². The Morgan fingerprint density at radius 1 is 1.07 bits per heavy atom. The van der Waals surface area contributed by atoms with Gasteiger partial charge in [-0.2, -0.15) is 0 Å². The van der Waals surface area contributed by atoms with Crippen LogP contribution in [0.4, 0.5) is 0 Å². The van der Waals surface area contributed by atoms with Crippen LogP contribution in [0.25, 0.3) is 0 Å². The minimum absolute atomic E-state index is 0.0602. The Hall–Kier alpha value is -2.86. The molecule has 0 saturated heterocycles. The van der Waals surface area contributed by atoms with Crippen molar-refractivity contribution in [2.24, 2.45) is 0 Å². The molecule has 3 aliphatic rings. The van der Waals surface area contributed by atoms with E-state index in [-0.39, 0.29) is 18.1 Å². The smallest absolute Gasteiger partial charge is 0.164 e. The number of ether oxygens (including phenoxy) is 5. The number of rotatable bonds is 3. The molecule has 3 aliphatic heterocycles. The van der Waals surface area contributed by atoms with Crippen LogP contribution in [0.2, 0.25) is 0 Å². The molecule has 0 fully saturated rings. The number of hydrogen-bond donors (Lipinski definition) is 1. The average Bonchev–Trinajstić information content (AvgIpc) is 3.17. The predicted molar refractivity (Wildman–Crippen MR) is 107 cm³/mol. The summed E-state index contributed by atoms with van der Waals surface area (Å²) >= 11 is 0. The largest absolute Gasteiger partial charge is 0.493 e. The summed E-state index contributed by atoms with van der Waals surface area (Å²) in [6.07, 6.45) is -0.396. The van der Waals surface area contributed by atoms with Crippen LogP contribution < -0.4 is 23.7 Å². The minimum atomic E-state index is -0.723. The molecule has 6 heteroatoms. The number of benzene rings is 2. The minimum Gasteiger partial charge on any atom is -0.493 e. The number of hydrogen-bond acceptors (Lipinski definition) is 6. The zero-order valence-corrected chi connectivity index (χ0v) is 16.7. The Bertz CT molecular complexity index is 997. The summed E-state index contributed by atoms with van der Waals surface area (Å²) in [6, 6.07) is 7.49. The van der Waals surface area contributed by atoms with Gasteiger partial charge in [0.25, 0.3) is 0 Å². The second-order valence-corrected chi connectivity index (χ2v) is 7.80. The fraction of sp³-hybridized carbons (Fsp3) is 0.391. The standard InChI is InChI=1S/C23H24O6/c1-11(2)16-8-14-15(28-16)6-5-12-22(24)21-13-7-18(25-3)19(26-4)9-17(13)27-10-20(21)29-23(12)14/h5-7,9,16,20-22,24H,1,8,10H2,2-4H3. The lowest BCUT2D eigenvalue weighted by Crippen LogP contribution is -2.42. The van der Waals surface area contributed by atoms with Gasteiger partial charge in [-0.25, -0.2) is 0 Å². The van der Waals surface area contributed by atoms with Crippen LogP contribution in [-0.4, -0.2) is 38.1 Å². The Labute approximate surface area is 169 Å². The monoisotopic (exact) mass is 396 g/mol. The zero-order chi connectivity index (χ0) is 20.3. The van der Waals surface area contributed by atoms with Gasteiger partial charge < -0.3 is 28.8 Å². The molecule has 0 aliphatic carbocycles. The van der Waals surface area contributed by atoms with Gasteiger partial charge in [-0.3, -0.25) is 0 Å². The highest BCUT2D eigenvalue weighted by Gasteiger charge is 2.45. The molecule has 0 spiro atoms. The maximum Gasteiger partial charge on any atom is 0.164 e. The maximum absolute atomic E-state index is 11.3. The van der Waals surface area contributed by atoms with Crippen molar-refractivity contribution in [1.29, 1.82) is 0 Å². The van der Waals surface area contributed by atoms with Crippen LogP contribution in [0.1, 0.15) is 35.6 Å². The summed E-state index contributed by atoms with van der Waals surface area (Å²) in [7, 11) is 3.18. The van der Waals surface area contributed by atoms with Crippen molar-refractivity contribution in [3.63, 3.8) is 0 Å². The molecular formula is C23H24O6. The van der Waals surface area contributed by atoms with E-state index in [1.165, 1.54) is 0 Å². The summed E-state index contributed by atoms with van der Waals surface area (Å²) < 4.78 is 29.2. The first-order valence-corrected chi connectivity index (χ1v) is 9.73. The van der Waals surface area contributed by atoms with E-state index in [1.54, 1.807) is 20.3 Å². The fourth-order valence-electron chi connectivity index (χ4n) is 4.52. The van der Waals surface area contributed by atoms with Crippen LogP contribution in [0, 0.1) is 0 Å². The molecule has 29 heavy (non-hydrogen) atoms. The van der Waals surface area contributed by atoms with Gasteiger partial charge in [-0.05, 0) is 30.7 Å². The van der Waals surface area contributed by atoms with Gasteiger partial charge in [0.15, 0.2) is 11.5 Å². The quantitative estimate of drug-likeness (QED) is 0.801. The van der Waals surface area contributed by atoms with Gasteiger partial charge in [0.05, 0.1) is 26.2 Å². The molecule has 4 atom stereocenters. The van der Waals surface area contributed by atoms with E-state index in [0.29, 0.717) is 36.0 Å². The topological polar surface area (TPSA) is 66.4 Å². The zero-order valence-electron chi connectivity index (χ0n) is 16.7. The van der Waals surface area contributed by atoms with Crippen molar-refractivity contribution in [1.82, 2.24) is 0 Å². The van der Waals surface area contributed by atoms with E-state index < -0.39 is 6.10 Å². The van der Waals surface area contributed by atoms with Crippen molar-refractivity contribution in [2.45, 2.75) is 37.6 Å². The van der Waals surface area contributed by atoms with Crippen molar-refractivity contribution in [2.75, 3.05) is 20.8 Å². The fourth-order valence-corrected chi connectivity index (χ4v) is 4.52. The molecular weight excluding hydrogens is 372 g/mol. The molecule has 0 radical (unpaired) electrons. The highest BCUT2D eigenvalue weighted by Crippen LogP contribution is 2.53. The normalized spacial score (nSPS) is 25.9. The first-order chi connectivity index (χ1) is 14.0. The molecule has 2 aromatic carbocycles. The lowest BCUT2D eigenvalue weighted by atomic mass is 9.80. The third-order valence-electron chi connectivity index (χ3n) is 6.06. The molecule has 0 aromatic heterocycles. The van der Waals surface area contributed by atoms with Crippen LogP contribution in [0.3, 0.4) is 0 Å². The van der Waals surface area contributed by atoms with Gasteiger partial charge in [-0.15, -0.1) is 0 Å². The third kappa shape index (κ3) is 2.66. The van der Waals surface area contributed by atoms with Crippen LogP contribution in [-0.2, 0) is 6.42 Å². The molecule has 1 N–H and O–H groups in total. The highest BCUT2D eigenvalue weighted by molar-refractivity contribution is 5.59. The van der Waals surface area contributed by atoms with E-state index in [0.717, 1.165) is 28.0 Å². The average molecular weight is 396 g/mol. The predicted octanol–water partition coefficient (Wildman–Crippen LogP) is 3.55. The molecule has 2 aromatic rings. The summed E-state index contributed by atoms with van der Waals surface area (Å²) in [5, 5.41) is 11.3. The lowest BCUT2D eigenvalue weighted by molar-refractivity contribution is 0.000791. The number of methoxy groups -OCH3 is 2. The molecule has 0 amide bonds. The Kier molecular flexibility index (Phi) is 4.13. The summed E-state index contributed by atoms with van der Waals surface area (Å²) in [4.78, 5) is 0. The van der Waals surface area contributed by atoms with Gasteiger partial charge in [-0.1, -0.05) is 6.58 Å². The molecule has 0 saturated carbocycles. The van der Waals surface area contributed by atoms with Gasteiger partial charge in [0.1, 0.15) is 36.1 Å². The van der Waals surface area contributed by atoms with Gasteiger partial charge in [0, 0.05) is 29.2 Å². The Balaban J connectivity index is 1.57. The van der Waals surface area contributed by atoms with Crippen molar-refractivity contribution >= 4 is 0 Å². The first kappa shape index (κ1) is 18.2. The van der Waals surface area contributed by atoms with Crippen LogP contribution in [0.15, 0.2) is 36.4 Å². The molecule has 6 nitrogen and oxygen atoms in total. The highest BCUT2D eigenvalue weighted by atomic mass is 16.5. The molecule has 4 unspecified atom stereocenters. The number of aliphatic hydroxyl groups is 1. The first-order valence-electron chi connectivity index (χ1n) is 9.73. The summed E-state index contributed by atoms with van der Waals surface area (Å²) in [5.74, 6) is 3.13. The summed E-state index contributed by atoms with van der Waals surface area (Å²) in [5.41, 5.74) is 3.60. The maximum atomic E-state index is 11.3. The van der Waals surface area contributed by atoms with E-state index in [2.05, 4.69) is 6.58 Å². The van der Waals surface area contributed by atoms with Crippen molar-refractivity contribution in [3.05, 3.63) is 53.1 Å². The Morgan fingerprint density at radius 3 is 2.55 bits per heavy atom. The Morgan fingerprint density at radius 2 is 1.83 bits per heavy atom. The summed E-state index contributed by atoms with van der Waals surface area (Å²) in [6.45, 7) is 6.32.